The van der Waals surface area contributed by atoms with E-state index in [9.17, 15) is 13.2 Å². The topological polar surface area (TPSA) is 54.5 Å². The Hall–Kier alpha value is -1.36. The van der Waals surface area contributed by atoms with Gasteiger partial charge in [-0.3, -0.25) is 4.79 Å². The van der Waals surface area contributed by atoms with Gasteiger partial charge in [0.1, 0.15) is 0 Å². The number of likely N-dealkylation sites (tertiary alicyclic amines) is 1. The van der Waals surface area contributed by atoms with Gasteiger partial charge in [0.05, 0.1) is 11.5 Å². The maximum absolute atomic E-state index is 12.2. The molecule has 2 atom stereocenters. The highest BCUT2D eigenvalue weighted by Gasteiger charge is 2.26. The molecular formula is C17H25NO3S. The Kier molecular flexibility index (Phi) is 5.62. The van der Waals surface area contributed by atoms with E-state index in [1.54, 1.807) is 12.1 Å². The van der Waals surface area contributed by atoms with Crippen molar-refractivity contribution in [1.82, 2.24) is 4.90 Å². The molecule has 0 spiro atoms. The van der Waals surface area contributed by atoms with Crippen molar-refractivity contribution < 1.29 is 13.2 Å². The Morgan fingerprint density at radius 2 is 1.73 bits per heavy atom. The van der Waals surface area contributed by atoms with Crippen LogP contribution in [0.3, 0.4) is 0 Å². The van der Waals surface area contributed by atoms with Crippen LogP contribution in [0.2, 0.25) is 0 Å². The molecule has 1 aliphatic heterocycles. The lowest BCUT2D eigenvalue weighted by Gasteiger charge is -2.35. The van der Waals surface area contributed by atoms with E-state index in [-0.39, 0.29) is 23.8 Å². The summed E-state index contributed by atoms with van der Waals surface area (Å²) in [5, 5.41) is 0. The Labute approximate surface area is 133 Å². The summed E-state index contributed by atoms with van der Waals surface area (Å²) in [4.78, 5) is 14.1. The molecule has 2 rings (SSSR count). The summed E-state index contributed by atoms with van der Waals surface area (Å²) in [6.07, 6.45) is 1.23. The highest BCUT2D eigenvalue weighted by Crippen LogP contribution is 2.21. The number of sulfone groups is 1. The van der Waals surface area contributed by atoms with Gasteiger partial charge >= 0.3 is 0 Å². The van der Waals surface area contributed by atoms with Gasteiger partial charge in [0.2, 0.25) is 5.91 Å². The zero-order valence-electron chi connectivity index (χ0n) is 13.4. The summed E-state index contributed by atoms with van der Waals surface area (Å²) >= 11 is 0. The number of hydrogen-bond donors (Lipinski definition) is 0. The first-order valence-electron chi connectivity index (χ1n) is 7.88. The van der Waals surface area contributed by atoms with Crippen LogP contribution in [-0.4, -0.2) is 38.1 Å². The van der Waals surface area contributed by atoms with Crippen LogP contribution in [0.5, 0.6) is 0 Å². The molecule has 1 heterocycles. The quantitative estimate of drug-likeness (QED) is 0.836. The van der Waals surface area contributed by atoms with Gasteiger partial charge in [0.15, 0.2) is 9.84 Å². The summed E-state index contributed by atoms with van der Waals surface area (Å²) in [6.45, 7) is 5.79. The van der Waals surface area contributed by atoms with E-state index >= 15 is 0 Å². The van der Waals surface area contributed by atoms with Gasteiger partial charge in [-0.15, -0.1) is 0 Å². The Bertz CT molecular complexity index is 588. The molecular weight excluding hydrogens is 298 g/mol. The van der Waals surface area contributed by atoms with E-state index in [2.05, 4.69) is 13.8 Å². The number of nitrogens with zero attached hydrogens (tertiary/aromatic N) is 1. The minimum absolute atomic E-state index is 0.00786. The predicted molar refractivity (Wildman–Crippen MR) is 88.1 cm³/mol. The number of amides is 1. The average molecular weight is 323 g/mol. The molecule has 0 unspecified atom stereocenters. The van der Waals surface area contributed by atoms with Gasteiger partial charge in [-0.25, -0.2) is 8.42 Å². The molecule has 1 fully saturated rings. The zero-order chi connectivity index (χ0) is 16.2. The van der Waals surface area contributed by atoms with Gasteiger partial charge in [0, 0.05) is 19.5 Å². The summed E-state index contributed by atoms with van der Waals surface area (Å²) in [7, 11) is -3.24. The molecule has 0 aromatic heterocycles. The molecule has 22 heavy (non-hydrogen) atoms. The van der Waals surface area contributed by atoms with Crippen molar-refractivity contribution in [2.75, 3.05) is 18.8 Å². The molecule has 1 aliphatic rings. The maximum Gasteiger partial charge on any atom is 0.223 e. The molecule has 0 saturated carbocycles. The summed E-state index contributed by atoms with van der Waals surface area (Å²) < 4.78 is 24.3. The highest BCUT2D eigenvalue weighted by molar-refractivity contribution is 7.90. The lowest BCUT2D eigenvalue weighted by Crippen LogP contribution is -2.43. The van der Waals surface area contributed by atoms with E-state index in [4.69, 9.17) is 0 Å². The molecule has 1 aromatic carbocycles. The first kappa shape index (κ1) is 17.0. The second kappa shape index (κ2) is 7.27. The van der Waals surface area contributed by atoms with E-state index in [0.717, 1.165) is 25.1 Å². The van der Waals surface area contributed by atoms with Crippen molar-refractivity contribution in [3.63, 3.8) is 0 Å². The van der Waals surface area contributed by atoms with E-state index in [0.29, 0.717) is 11.8 Å². The molecule has 5 heteroatoms. The molecule has 0 aliphatic carbocycles. The number of carbonyl (C=O) groups is 1. The van der Waals surface area contributed by atoms with Crippen LogP contribution in [0.1, 0.15) is 32.3 Å². The smallest absolute Gasteiger partial charge is 0.223 e. The van der Waals surface area contributed by atoms with Gasteiger partial charge < -0.3 is 4.90 Å². The first-order chi connectivity index (χ1) is 10.4. The van der Waals surface area contributed by atoms with Crippen molar-refractivity contribution in [2.24, 2.45) is 11.8 Å². The average Bonchev–Trinajstić information content (AvgIpc) is 2.44. The molecule has 122 valence electrons. The fraction of sp³-hybridized carbons (Fsp3) is 0.588. The minimum atomic E-state index is -3.24. The fourth-order valence-electron chi connectivity index (χ4n) is 3.17. The molecule has 4 nitrogen and oxygen atoms in total. The molecule has 1 saturated heterocycles. The second-order valence-electron chi connectivity index (χ2n) is 6.57. The van der Waals surface area contributed by atoms with Crippen molar-refractivity contribution in [1.29, 1.82) is 0 Å². The van der Waals surface area contributed by atoms with Crippen LogP contribution in [-0.2, 0) is 20.4 Å². The van der Waals surface area contributed by atoms with Crippen LogP contribution in [0.4, 0.5) is 0 Å². The Balaban J connectivity index is 1.87. The predicted octanol–water partition coefficient (Wildman–Crippen LogP) is 2.50. The van der Waals surface area contributed by atoms with E-state index in [1.165, 1.54) is 0 Å². The first-order valence-corrected chi connectivity index (χ1v) is 9.70. The Morgan fingerprint density at radius 1 is 1.14 bits per heavy atom. The number of carbonyl (C=O) groups excluding carboxylic acids is 1. The van der Waals surface area contributed by atoms with Gasteiger partial charge in [-0.05, 0) is 23.8 Å². The minimum Gasteiger partial charge on any atom is -0.342 e. The highest BCUT2D eigenvalue weighted by atomic mass is 32.2. The second-order valence-corrected chi connectivity index (χ2v) is 8.76. The third-order valence-corrected chi connectivity index (χ3v) is 5.68. The number of rotatable bonds is 5. The van der Waals surface area contributed by atoms with Crippen LogP contribution >= 0.6 is 0 Å². The lowest BCUT2D eigenvalue weighted by atomic mass is 9.92. The third-order valence-electron chi connectivity index (χ3n) is 4.08. The standard InChI is InChI=1S/C17H25NO3S/c1-14-10-15(2)12-18(11-14)17(19)8-9-22(20,21)13-16-6-4-3-5-7-16/h3-7,14-15H,8-13H2,1-2H3/t14-,15+. The maximum atomic E-state index is 12.2. The Morgan fingerprint density at radius 3 is 2.32 bits per heavy atom. The number of hydrogen-bond acceptors (Lipinski definition) is 3. The summed E-state index contributed by atoms with van der Waals surface area (Å²) in [5.41, 5.74) is 0.773. The lowest BCUT2D eigenvalue weighted by molar-refractivity contribution is -0.133. The van der Waals surface area contributed by atoms with Gasteiger partial charge in [-0.2, -0.15) is 0 Å². The van der Waals surface area contributed by atoms with Crippen molar-refractivity contribution >= 4 is 15.7 Å². The van der Waals surface area contributed by atoms with E-state index in [1.807, 2.05) is 23.1 Å². The van der Waals surface area contributed by atoms with Crippen molar-refractivity contribution in [2.45, 2.75) is 32.4 Å². The third kappa shape index (κ3) is 5.13. The van der Waals surface area contributed by atoms with Crippen molar-refractivity contribution in [3.8, 4) is 0 Å². The molecule has 0 radical (unpaired) electrons. The molecule has 1 aromatic rings. The fourth-order valence-corrected chi connectivity index (χ4v) is 4.50. The van der Waals surface area contributed by atoms with Gasteiger partial charge in [0.25, 0.3) is 0 Å². The number of benzene rings is 1. The summed E-state index contributed by atoms with van der Waals surface area (Å²) in [5.74, 6) is 0.894. The molecule has 1 amide bonds. The molecule has 0 N–H and O–H groups in total. The molecule has 0 bridgehead atoms. The SMILES string of the molecule is C[C@@H]1C[C@H](C)CN(C(=O)CCS(=O)(=O)Cc2ccccc2)C1. The zero-order valence-corrected chi connectivity index (χ0v) is 14.2. The van der Waals surface area contributed by atoms with Crippen LogP contribution in [0, 0.1) is 11.8 Å². The summed E-state index contributed by atoms with van der Waals surface area (Å²) in [6, 6.07) is 9.11. The van der Waals surface area contributed by atoms with Crippen LogP contribution in [0.15, 0.2) is 30.3 Å². The van der Waals surface area contributed by atoms with Gasteiger partial charge in [-0.1, -0.05) is 44.2 Å². The largest absolute Gasteiger partial charge is 0.342 e. The van der Waals surface area contributed by atoms with E-state index < -0.39 is 9.84 Å². The van der Waals surface area contributed by atoms with Crippen LogP contribution < -0.4 is 0 Å². The monoisotopic (exact) mass is 323 g/mol. The van der Waals surface area contributed by atoms with Crippen LogP contribution in [0.25, 0.3) is 0 Å². The van der Waals surface area contributed by atoms with Crippen molar-refractivity contribution in [3.05, 3.63) is 35.9 Å². The number of piperidine rings is 1. The normalized spacial score (nSPS) is 22.5.